The summed E-state index contributed by atoms with van der Waals surface area (Å²) in [6.07, 6.45) is -0.335. The van der Waals surface area contributed by atoms with Crippen LogP contribution in [0.15, 0.2) is 30.3 Å². The average Bonchev–Trinajstić information content (AvgIpc) is 2.28. The van der Waals surface area contributed by atoms with Gasteiger partial charge in [-0.25, -0.2) is 4.57 Å². The van der Waals surface area contributed by atoms with Crippen molar-refractivity contribution < 1.29 is 23.2 Å². The highest BCUT2D eigenvalue weighted by atomic mass is 31.2. The number of phosphoric acid groups is 1. The van der Waals surface area contributed by atoms with E-state index in [0.29, 0.717) is 5.75 Å². The number of hydrogen-bond acceptors (Lipinski definition) is 4. The molecule has 16 heavy (non-hydrogen) atoms. The van der Waals surface area contributed by atoms with Gasteiger partial charge in [-0.3, -0.25) is 9.05 Å². The Hall–Kier alpha value is -0.870. The lowest BCUT2D eigenvalue weighted by Crippen LogP contribution is -2.18. The van der Waals surface area contributed by atoms with E-state index in [1.54, 1.807) is 19.1 Å². The highest BCUT2D eigenvalue weighted by molar-refractivity contribution is 7.47. The summed E-state index contributed by atoms with van der Waals surface area (Å²) in [4.78, 5) is 8.99. The Morgan fingerprint density at radius 2 is 2.00 bits per heavy atom. The van der Waals surface area contributed by atoms with Gasteiger partial charge in [0.2, 0.25) is 0 Å². The maximum absolute atomic E-state index is 11.0. The van der Waals surface area contributed by atoms with Crippen LogP contribution in [0.2, 0.25) is 0 Å². The van der Waals surface area contributed by atoms with E-state index < -0.39 is 7.82 Å². The molecule has 90 valence electrons. The van der Waals surface area contributed by atoms with Gasteiger partial charge in [-0.15, -0.1) is 0 Å². The van der Waals surface area contributed by atoms with Crippen LogP contribution in [0, 0.1) is 0 Å². The summed E-state index contributed by atoms with van der Waals surface area (Å²) < 4.78 is 25.4. The van der Waals surface area contributed by atoms with Crippen LogP contribution in [0.4, 0.5) is 0 Å². The van der Waals surface area contributed by atoms with Gasteiger partial charge in [-0.1, -0.05) is 18.2 Å². The van der Waals surface area contributed by atoms with Crippen LogP contribution >= 0.6 is 7.82 Å². The molecule has 6 heteroatoms. The summed E-state index contributed by atoms with van der Waals surface area (Å²) in [6.45, 7) is 1.72. The van der Waals surface area contributed by atoms with Crippen LogP contribution in [0.3, 0.4) is 0 Å². The Morgan fingerprint density at radius 1 is 1.38 bits per heavy atom. The number of hydrogen-bond donors (Lipinski definition) is 1. The van der Waals surface area contributed by atoms with Gasteiger partial charge in [0.1, 0.15) is 11.9 Å². The molecule has 0 heterocycles. The Morgan fingerprint density at radius 3 is 2.56 bits per heavy atom. The molecule has 0 spiro atoms. The first-order chi connectivity index (χ1) is 7.53. The molecule has 5 nitrogen and oxygen atoms in total. The van der Waals surface area contributed by atoms with Crippen LogP contribution in [0.5, 0.6) is 5.75 Å². The molecule has 0 fully saturated rings. The lowest BCUT2D eigenvalue weighted by Gasteiger charge is -2.16. The summed E-state index contributed by atoms with van der Waals surface area (Å²) in [5.74, 6) is 0.684. The molecule has 0 saturated carbocycles. The van der Waals surface area contributed by atoms with Crippen molar-refractivity contribution in [2.75, 3.05) is 13.7 Å². The minimum absolute atomic E-state index is 0.0173. The number of rotatable bonds is 6. The second kappa shape index (κ2) is 6.01. The number of ether oxygens (including phenoxy) is 1. The molecule has 2 atom stereocenters. The van der Waals surface area contributed by atoms with Crippen LogP contribution in [-0.4, -0.2) is 24.7 Å². The van der Waals surface area contributed by atoms with Gasteiger partial charge < -0.3 is 9.63 Å². The van der Waals surface area contributed by atoms with E-state index in [0.717, 1.165) is 7.11 Å². The minimum Gasteiger partial charge on any atom is -0.488 e. The minimum atomic E-state index is -3.91. The molecule has 0 amide bonds. The Bertz CT molecular complexity index is 353. The van der Waals surface area contributed by atoms with E-state index in [1.807, 2.05) is 18.2 Å². The van der Waals surface area contributed by atoms with E-state index in [2.05, 4.69) is 9.05 Å². The maximum Gasteiger partial charge on any atom is 0.472 e. The van der Waals surface area contributed by atoms with E-state index in [9.17, 15) is 4.57 Å². The first kappa shape index (κ1) is 13.2. The molecule has 0 radical (unpaired) electrons. The standard InChI is InChI=1S/C10H15O5P/c1-9(8-14-16(11,12)13-2)15-10-6-4-3-5-7-10/h3-7,9H,8H2,1-2H3,(H,11,12). The number of phosphoric ester groups is 1. The summed E-state index contributed by atoms with van der Waals surface area (Å²) in [7, 11) is -2.80. The zero-order chi connectivity index (χ0) is 12.0. The van der Waals surface area contributed by atoms with Gasteiger partial charge in [0, 0.05) is 7.11 Å². The maximum atomic E-state index is 11.0. The van der Waals surface area contributed by atoms with Crippen molar-refractivity contribution in [2.45, 2.75) is 13.0 Å². The molecule has 1 rings (SSSR count). The summed E-state index contributed by atoms with van der Waals surface area (Å²) >= 11 is 0. The van der Waals surface area contributed by atoms with Gasteiger partial charge in [0.15, 0.2) is 0 Å². The molecular formula is C10H15O5P. The molecule has 1 aromatic rings. The second-order valence-corrected chi connectivity index (χ2v) is 4.75. The van der Waals surface area contributed by atoms with E-state index in [4.69, 9.17) is 9.63 Å². The van der Waals surface area contributed by atoms with E-state index >= 15 is 0 Å². The van der Waals surface area contributed by atoms with Gasteiger partial charge >= 0.3 is 7.82 Å². The predicted molar refractivity (Wildman–Crippen MR) is 59.3 cm³/mol. The van der Waals surface area contributed by atoms with Gasteiger partial charge in [-0.2, -0.15) is 0 Å². The molecule has 0 saturated heterocycles. The molecule has 0 aliphatic rings. The Kier molecular flexibility index (Phi) is 4.96. The second-order valence-electron chi connectivity index (χ2n) is 3.19. The van der Waals surface area contributed by atoms with E-state index in [1.165, 1.54) is 0 Å². The molecule has 0 bridgehead atoms. The monoisotopic (exact) mass is 246 g/mol. The average molecular weight is 246 g/mol. The van der Waals surface area contributed by atoms with E-state index in [-0.39, 0.29) is 12.7 Å². The molecule has 0 aliphatic heterocycles. The Balaban J connectivity index is 2.37. The number of benzene rings is 1. The highest BCUT2D eigenvalue weighted by Gasteiger charge is 2.20. The fourth-order valence-corrected chi connectivity index (χ4v) is 1.52. The van der Waals surface area contributed by atoms with Gasteiger partial charge in [0.05, 0.1) is 6.61 Å². The topological polar surface area (TPSA) is 65.0 Å². The highest BCUT2D eigenvalue weighted by Crippen LogP contribution is 2.41. The van der Waals surface area contributed by atoms with Crippen LogP contribution in [0.1, 0.15) is 6.92 Å². The zero-order valence-corrected chi connectivity index (χ0v) is 10.1. The molecular weight excluding hydrogens is 231 g/mol. The SMILES string of the molecule is COP(=O)(O)OCC(C)Oc1ccccc1. The summed E-state index contributed by atoms with van der Waals surface area (Å²) in [6, 6.07) is 9.15. The quantitative estimate of drug-likeness (QED) is 0.779. The first-order valence-electron chi connectivity index (χ1n) is 4.78. The largest absolute Gasteiger partial charge is 0.488 e. The van der Waals surface area contributed by atoms with Gasteiger partial charge in [-0.05, 0) is 19.1 Å². The molecule has 2 unspecified atom stereocenters. The first-order valence-corrected chi connectivity index (χ1v) is 6.28. The fraction of sp³-hybridized carbons (Fsp3) is 0.400. The lowest BCUT2D eigenvalue weighted by atomic mass is 10.3. The summed E-state index contributed by atoms with van der Waals surface area (Å²) in [5, 5.41) is 0. The third-order valence-electron chi connectivity index (χ3n) is 1.78. The smallest absolute Gasteiger partial charge is 0.472 e. The van der Waals surface area contributed by atoms with Crippen molar-refractivity contribution in [3.63, 3.8) is 0 Å². The third kappa shape index (κ3) is 4.77. The normalized spacial score (nSPS) is 16.4. The predicted octanol–water partition coefficient (Wildman–Crippen LogP) is 2.22. The third-order valence-corrected chi connectivity index (χ3v) is 2.72. The molecule has 1 aromatic carbocycles. The van der Waals surface area contributed by atoms with Crippen LogP contribution < -0.4 is 4.74 Å². The van der Waals surface area contributed by atoms with Crippen molar-refractivity contribution in [2.24, 2.45) is 0 Å². The van der Waals surface area contributed by atoms with Crippen molar-refractivity contribution in [1.82, 2.24) is 0 Å². The lowest BCUT2D eigenvalue weighted by molar-refractivity contribution is 0.104. The van der Waals surface area contributed by atoms with Gasteiger partial charge in [0.25, 0.3) is 0 Å². The molecule has 0 aromatic heterocycles. The van der Waals surface area contributed by atoms with Crippen molar-refractivity contribution in [3.8, 4) is 5.75 Å². The summed E-state index contributed by atoms with van der Waals surface area (Å²) in [5.41, 5.74) is 0. The van der Waals surface area contributed by atoms with Crippen molar-refractivity contribution in [1.29, 1.82) is 0 Å². The molecule has 1 N–H and O–H groups in total. The number of para-hydroxylation sites is 1. The zero-order valence-electron chi connectivity index (χ0n) is 9.20. The van der Waals surface area contributed by atoms with Crippen molar-refractivity contribution >= 4 is 7.82 Å². The fourth-order valence-electron chi connectivity index (χ4n) is 1.02. The Labute approximate surface area is 94.6 Å². The van der Waals surface area contributed by atoms with Crippen molar-refractivity contribution in [3.05, 3.63) is 30.3 Å². The van der Waals surface area contributed by atoms with Crippen LogP contribution in [0.25, 0.3) is 0 Å². The molecule has 0 aliphatic carbocycles. The van der Waals surface area contributed by atoms with Crippen LogP contribution in [-0.2, 0) is 13.6 Å².